The first-order chi connectivity index (χ1) is 8.65. The molecule has 2 atom stereocenters. The first kappa shape index (κ1) is 11.7. The topological polar surface area (TPSA) is 63.4 Å². The fourth-order valence-electron chi connectivity index (χ4n) is 2.76. The molecule has 2 fully saturated rings. The van der Waals surface area contributed by atoms with E-state index in [9.17, 15) is 9.59 Å². The number of halogens is 1. The predicted molar refractivity (Wildman–Crippen MR) is 66.5 cm³/mol. The molecule has 3 rings (SSSR count). The Morgan fingerprint density at radius 3 is 2.33 bits per heavy atom. The second kappa shape index (κ2) is 4.07. The van der Waals surface area contributed by atoms with Crippen LogP contribution >= 0.6 is 11.6 Å². The van der Waals surface area contributed by atoms with E-state index in [1.165, 1.54) is 4.90 Å². The van der Waals surface area contributed by atoms with Crippen molar-refractivity contribution in [3.05, 3.63) is 34.9 Å². The maximum atomic E-state index is 12.0. The van der Waals surface area contributed by atoms with Gasteiger partial charge in [-0.1, -0.05) is 29.8 Å². The largest absolute Gasteiger partial charge is 0.330 e. The second-order valence-corrected chi connectivity index (χ2v) is 5.21. The number of nitrogens with two attached hydrogens (primary N) is 1. The molecule has 1 saturated heterocycles. The van der Waals surface area contributed by atoms with E-state index in [0.29, 0.717) is 11.6 Å². The fourth-order valence-corrected chi connectivity index (χ4v) is 2.96. The van der Waals surface area contributed by atoms with E-state index in [0.717, 1.165) is 5.56 Å². The van der Waals surface area contributed by atoms with Gasteiger partial charge in [-0.15, -0.1) is 0 Å². The number of amides is 2. The lowest BCUT2D eigenvalue weighted by molar-refractivity contribution is -0.142. The van der Waals surface area contributed by atoms with Crippen LogP contribution in [0.1, 0.15) is 5.56 Å². The molecule has 2 amide bonds. The first-order valence-corrected chi connectivity index (χ1v) is 6.31. The number of carbonyl (C=O) groups excluding carboxylic acids is 2. The van der Waals surface area contributed by atoms with Gasteiger partial charge in [0.2, 0.25) is 11.8 Å². The van der Waals surface area contributed by atoms with Gasteiger partial charge in [0.15, 0.2) is 0 Å². The Bertz CT molecular complexity index is 509. The van der Waals surface area contributed by atoms with Crippen molar-refractivity contribution in [3.63, 3.8) is 0 Å². The van der Waals surface area contributed by atoms with Crippen molar-refractivity contribution in [1.82, 2.24) is 4.90 Å². The zero-order valence-corrected chi connectivity index (χ0v) is 10.4. The molecule has 1 aliphatic heterocycles. The summed E-state index contributed by atoms with van der Waals surface area (Å²) in [6, 6.07) is 7.25. The summed E-state index contributed by atoms with van der Waals surface area (Å²) >= 11 is 6.03. The molecule has 0 bridgehead atoms. The third-order valence-electron chi connectivity index (χ3n) is 3.83. The third kappa shape index (κ3) is 1.56. The third-order valence-corrected chi connectivity index (χ3v) is 4.20. The molecule has 2 N–H and O–H groups in total. The standard InChI is InChI=1S/C13H13ClN2O2/c14-9-4-2-1-3-7(9)6-16-12(17)10-8(5-15)11(10)13(16)18/h1-4,8,10-11H,5-6,15H2. The van der Waals surface area contributed by atoms with E-state index in [2.05, 4.69) is 0 Å². The lowest BCUT2D eigenvalue weighted by Gasteiger charge is -2.18. The Balaban J connectivity index is 1.79. The van der Waals surface area contributed by atoms with Gasteiger partial charge in [-0.2, -0.15) is 0 Å². The van der Waals surface area contributed by atoms with Gasteiger partial charge < -0.3 is 5.73 Å². The van der Waals surface area contributed by atoms with Crippen LogP contribution in [0.4, 0.5) is 0 Å². The van der Waals surface area contributed by atoms with Crippen LogP contribution in [0.25, 0.3) is 0 Å². The van der Waals surface area contributed by atoms with E-state index in [4.69, 9.17) is 17.3 Å². The zero-order valence-electron chi connectivity index (χ0n) is 9.67. The van der Waals surface area contributed by atoms with E-state index in [1.807, 2.05) is 18.2 Å². The molecule has 0 spiro atoms. The lowest BCUT2D eigenvalue weighted by atomic mass is 10.2. The van der Waals surface area contributed by atoms with Crippen LogP contribution in [-0.2, 0) is 16.1 Å². The molecule has 0 radical (unpaired) electrons. The second-order valence-electron chi connectivity index (χ2n) is 4.81. The molecule has 1 heterocycles. The molecular formula is C13H13ClN2O2. The number of hydrogen-bond acceptors (Lipinski definition) is 3. The molecule has 1 saturated carbocycles. The van der Waals surface area contributed by atoms with Crippen molar-refractivity contribution >= 4 is 23.4 Å². The summed E-state index contributed by atoms with van der Waals surface area (Å²) in [5, 5.41) is 0.578. The smallest absolute Gasteiger partial charge is 0.233 e. The highest BCUT2D eigenvalue weighted by molar-refractivity contribution is 6.31. The molecule has 2 aliphatic rings. The summed E-state index contributed by atoms with van der Waals surface area (Å²) in [4.78, 5) is 25.4. The monoisotopic (exact) mass is 264 g/mol. The Morgan fingerprint density at radius 1 is 1.17 bits per heavy atom. The molecule has 1 aromatic carbocycles. The van der Waals surface area contributed by atoms with Gasteiger partial charge in [0.25, 0.3) is 0 Å². The number of hydrogen-bond donors (Lipinski definition) is 1. The summed E-state index contributed by atoms with van der Waals surface area (Å²) in [6.45, 7) is 0.675. The highest BCUT2D eigenvalue weighted by Gasteiger charge is 2.66. The molecule has 0 aromatic heterocycles. The minimum atomic E-state index is -0.176. The summed E-state index contributed by atoms with van der Waals surface area (Å²) in [7, 11) is 0. The molecule has 94 valence electrons. The molecule has 5 heteroatoms. The van der Waals surface area contributed by atoms with Crippen LogP contribution < -0.4 is 5.73 Å². The van der Waals surface area contributed by atoms with Gasteiger partial charge in [-0.25, -0.2) is 0 Å². The van der Waals surface area contributed by atoms with Crippen LogP contribution in [-0.4, -0.2) is 23.3 Å². The Labute approximate surface area is 110 Å². The van der Waals surface area contributed by atoms with Crippen molar-refractivity contribution in [2.24, 2.45) is 23.5 Å². The Kier molecular flexibility index (Phi) is 2.64. The quantitative estimate of drug-likeness (QED) is 0.830. The van der Waals surface area contributed by atoms with E-state index in [-0.39, 0.29) is 36.1 Å². The highest BCUT2D eigenvalue weighted by Crippen LogP contribution is 2.53. The normalized spacial score (nSPS) is 29.7. The zero-order chi connectivity index (χ0) is 12.9. The lowest BCUT2D eigenvalue weighted by Crippen LogP contribution is -2.35. The van der Waals surface area contributed by atoms with Crippen LogP contribution in [0.2, 0.25) is 5.02 Å². The fraction of sp³-hybridized carbons (Fsp3) is 0.385. The van der Waals surface area contributed by atoms with Gasteiger partial charge in [0.1, 0.15) is 0 Å². The summed E-state index contributed by atoms with van der Waals surface area (Å²) < 4.78 is 0. The summed E-state index contributed by atoms with van der Waals surface area (Å²) in [6.07, 6.45) is 0. The number of likely N-dealkylation sites (tertiary alicyclic amines) is 1. The van der Waals surface area contributed by atoms with Crippen molar-refractivity contribution in [3.8, 4) is 0 Å². The van der Waals surface area contributed by atoms with Crippen LogP contribution in [0.5, 0.6) is 0 Å². The molecule has 1 aliphatic carbocycles. The minimum Gasteiger partial charge on any atom is -0.330 e. The Hall–Kier alpha value is -1.39. The molecular weight excluding hydrogens is 252 g/mol. The van der Waals surface area contributed by atoms with Gasteiger partial charge in [-0.3, -0.25) is 14.5 Å². The number of rotatable bonds is 3. The highest BCUT2D eigenvalue weighted by atomic mass is 35.5. The predicted octanol–water partition coefficient (Wildman–Crippen LogP) is 1.03. The summed E-state index contributed by atoms with van der Waals surface area (Å²) in [5.41, 5.74) is 6.32. The number of piperidine rings is 1. The van der Waals surface area contributed by atoms with Gasteiger partial charge >= 0.3 is 0 Å². The molecule has 1 aromatic rings. The number of benzene rings is 1. The van der Waals surface area contributed by atoms with Crippen LogP contribution in [0, 0.1) is 17.8 Å². The maximum absolute atomic E-state index is 12.0. The van der Waals surface area contributed by atoms with Crippen molar-refractivity contribution < 1.29 is 9.59 Å². The maximum Gasteiger partial charge on any atom is 0.233 e. The van der Waals surface area contributed by atoms with Crippen LogP contribution in [0.15, 0.2) is 24.3 Å². The van der Waals surface area contributed by atoms with E-state index >= 15 is 0 Å². The average molecular weight is 265 g/mol. The SMILES string of the molecule is NCC1C2C(=O)N(Cc3ccccc3Cl)C(=O)C12. The number of nitrogens with zero attached hydrogens (tertiary/aromatic N) is 1. The Morgan fingerprint density at radius 2 is 1.78 bits per heavy atom. The van der Waals surface area contributed by atoms with Gasteiger partial charge in [0.05, 0.1) is 18.4 Å². The van der Waals surface area contributed by atoms with Crippen molar-refractivity contribution in [2.45, 2.75) is 6.54 Å². The molecule has 2 unspecified atom stereocenters. The molecule has 4 nitrogen and oxygen atoms in total. The number of carbonyl (C=O) groups is 2. The average Bonchev–Trinajstić information content (AvgIpc) is 3.04. The van der Waals surface area contributed by atoms with Gasteiger partial charge in [-0.05, 0) is 24.1 Å². The molecule has 18 heavy (non-hydrogen) atoms. The number of imide groups is 1. The van der Waals surface area contributed by atoms with Crippen molar-refractivity contribution in [2.75, 3.05) is 6.54 Å². The van der Waals surface area contributed by atoms with Crippen molar-refractivity contribution in [1.29, 1.82) is 0 Å². The van der Waals surface area contributed by atoms with Gasteiger partial charge in [0, 0.05) is 5.02 Å². The van der Waals surface area contributed by atoms with E-state index in [1.54, 1.807) is 6.07 Å². The summed E-state index contributed by atoms with van der Waals surface area (Å²) in [5.74, 6) is -0.483. The van der Waals surface area contributed by atoms with E-state index < -0.39 is 0 Å². The van der Waals surface area contributed by atoms with Crippen LogP contribution in [0.3, 0.4) is 0 Å². The number of fused-ring (bicyclic) bond motifs is 1. The minimum absolute atomic E-state index is 0.0625. The first-order valence-electron chi connectivity index (χ1n) is 5.94.